The summed E-state index contributed by atoms with van der Waals surface area (Å²) in [6, 6.07) is 50.0. The van der Waals surface area contributed by atoms with Crippen molar-refractivity contribution in [1.29, 1.82) is 0 Å². The van der Waals surface area contributed by atoms with Crippen molar-refractivity contribution in [3.63, 3.8) is 0 Å². The maximum absolute atomic E-state index is 4.93. The Morgan fingerprint density at radius 2 is 1.09 bits per heavy atom. The monoisotopic (exact) mass is 551 g/mol. The topological polar surface area (TPSA) is 56.5 Å². The van der Waals surface area contributed by atoms with Crippen molar-refractivity contribution in [2.75, 3.05) is 0 Å². The van der Waals surface area contributed by atoms with Crippen molar-refractivity contribution in [2.24, 2.45) is 0 Å². The van der Waals surface area contributed by atoms with Crippen molar-refractivity contribution in [3.05, 3.63) is 152 Å². The summed E-state index contributed by atoms with van der Waals surface area (Å²) in [6.07, 6.45) is 1.78. The Kier molecular flexibility index (Phi) is 6.05. The highest BCUT2D eigenvalue weighted by atomic mass is 15.3. The Labute approximate surface area is 248 Å². The highest BCUT2D eigenvalue weighted by Crippen LogP contribution is 2.36. The summed E-state index contributed by atoms with van der Waals surface area (Å²) in [7, 11) is 0. The Morgan fingerprint density at radius 3 is 1.91 bits per heavy atom. The van der Waals surface area contributed by atoms with Crippen LogP contribution in [0.2, 0.25) is 0 Å². The molecular weight excluding hydrogens is 526 g/mol. The average molecular weight is 552 g/mol. The maximum Gasteiger partial charge on any atom is 0.187 e. The number of pyridine rings is 2. The fraction of sp³-hybridized carbons (Fsp3) is 0. The summed E-state index contributed by atoms with van der Waals surface area (Å²) < 4.78 is 2.07. The third-order valence-electron chi connectivity index (χ3n) is 7.81. The minimum absolute atomic E-state index is 0.670. The van der Waals surface area contributed by atoms with Gasteiger partial charge < -0.3 is 0 Å². The lowest BCUT2D eigenvalue weighted by molar-refractivity contribution is 1.06. The number of fused-ring (bicyclic) bond motifs is 3. The van der Waals surface area contributed by atoms with Crippen LogP contribution in [0, 0.1) is 0 Å². The van der Waals surface area contributed by atoms with Gasteiger partial charge in [0.25, 0.3) is 0 Å². The molecule has 5 aromatic carbocycles. The molecule has 0 fully saturated rings. The number of benzene rings is 5. The molecule has 0 aliphatic carbocycles. The molecule has 3 heterocycles. The Bertz CT molecular complexity index is 2220. The lowest BCUT2D eigenvalue weighted by Gasteiger charge is -2.13. The van der Waals surface area contributed by atoms with Gasteiger partial charge in [0.1, 0.15) is 5.69 Å². The van der Waals surface area contributed by atoms with Crippen LogP contribution >= 0.6 is 0 Å². The first kappa shape index (κ1) is 24.8. The van der Waals surface area contributed by atoms with Crippen molar-refractivity contribution < 1.29 is 0 Å². The van der Waals surface area contributed by atoms with E-state index in [1.807, 2.05) is 54.6 Å². The second-order valence-electron chi connectivity index (χ2n) is 10.4. The van der Waals surface area contributed by atoms with Crippen LogP contribution < -0.4 is 0 Å². The number of rotatable bonds is 5. The molecule has 0 aliphatic heterocycles. The van der Waals surface area contributed by atoms with Crippen molar-refractivity contribution in [1.82, 2.24) is 24.7 Å². The second-order valence-corrected chi connectivity index (χ2v) is 10.4. The summed E-state index contributed by atoms with van der Waals surface area (Å²) in [6.45, 7) is 0. The smallest absolute Gasteiger partial charge is 0.187 e. The van der Waals surface area contributed by atoms with Gasteiger partial charge in [0.15, 0.2) is 11.6 Å². The molecule has 0 aliphatic rings. The molecular formula is C38H25N5. The number of hydrogen-bond donors (Lipinski definition) is 0. The number of para-hydroxylation sites is 1. The molecule has 3 aromatic heterocycles. The lowest BCUT2D eigenvalue weighted by atomic mass is 9.93. The van der Waals surface area contributed by atoms with Crippen LogP contribution in [0.15, 0.2) is 152 Å². The molecule has 0 bridgehead atoms. The minimum atomic E-state index is 0.670. The third kappa shape index (κ3) is 4.44. The largest absolute Gasteiger partial charge is 0.274 e. The summed E-state index contributed by atoms with van der Waals surface area (Å²) in [5.41, 5.74) is 6.62. The first-order chi connectivity index (χ1) is 21.3. The molecule has 0 spiro atoms. The van der Waals surface area contributed by atoms with Gasteiger partial charge in [0.05, 0.1) is 11.4 Å². The van der Waals surface area contributed by atoms with Gasteiger partial charge in [-0.3, -0.25) is 9.55 Å². The van der Waals surface area contributed by atoms with Gasteiger partial charge in [0.2, 0.25) is 0 Å². The van der Waals surface area contributed by atoms with Crippen molar-refractivity contribution in [2.45, 2.75) is 0 Å². The van der Waals surface area contributed by atoms with Gasteiger partial charge in [0, 0.05) is 17.4 Å². The fourth-order valence-electron chi connectivity index (χ4n) is 5.77. The van der Waals surface area contributed by atoms with Gasteiger partial charge in [-0.1, -0.05) is 103 Å². The molecule has 0 saturated heterocycles. The maximum atomic E-state index is 4.93. The van der Waals surface area contributed by atoms with Gasteiger partial charge >= 0.3 is 0 Å². The molecule has 8 rings (SSSR count). The van der Waals surface area contributed by atoms with Crippen molar-refractivity contribution >= 4 is 21.5 Å². The van der Waals surface area contributed by atoms with Crippen LogP contribution in [0.25, 0.3) is 72.7 Å². The van der Waals surface area contributed by atoms with Crippen LogP contribution in [0.1, 0.15) is 0 Å². The molecule has 0 atom stereocenters. The molecule has 43 heavy (non-hydrogen) atoms. The lowest BCUT2D eigenvalue weighted by Crippen LogP contribution is -2.01. The van der Waals surface area contributed by atoms with Crippen LogP contribution in [-0.2, 0) is 0 Å². The normalized spacial score (nSPS) is 11.3. The van der Waals surface area contributed by atoms with Gasteiger partial charge in [-0.15, -0.1) is 10.2 Å². The summed E-state index contributed by atoms with van der Waals surface area (Å²) in [5, 5.41) is 14.3. The quantitative estimate of drug-likeness (QED) is 0.200. The van der Waals surface area contributed by atoms with E-state index in [0.29, 0.717) is 5.82 Å². The minimum Gasteiger partial charge on any atom is -0.274 e. The van der Waals surface area contributed by atoms with E-state index in [9.17, 15) is 0 Å². The van der Waals surface area contributed by atoms with Gasteiger partial charge in [-0.05, 0) is 75.1 Å². The zero-order valence-corrected chi connectivity index (χ0v) is 23.2. The second kappa shape index (κ2) is 10.5. The van der Waals surface area contributed by atoms with E-state index in [1.54, 1.807) is 6.20 Å². The van der Waals surface area contributed by atoms with E-state index in [1.165, 1.54) is 27.1 Å². The molecule has 5 heteroatoms. The number of nitrogens with zero attached hydrogens (tertiary/aromatic N) is 5. The average Bonchev–Trinajstić information content (AvgIpc) is 3.54. The molecule has 8 aromatic rings. The summed E-state index contributed by atoms with van der Waals surface area (Å²) >= 11 is 0. The van der Waals surface area contributed by atoms with E-state index in [4.69, 9.17) is 10.1 Å². The number of aromatic nitrogens is 5. The Hall–Kier alpha value is -5.94. The predicted octanol–water partition coefficient (Wildman–Crippen LogP) is 9.03. The standard InChI is InChI=1S/C38H25N5/c1-2-12-29(13-3-1)43-37(41-42-38(43)36-19-10-18-35(40-36)34-17-8-9-24-39-34)27-22-20-26(21-23-27)33-25-28-11-4-5-14-30(28)31-15-6-7-16-32(31)33/h1-25H. The SMILES string of the molecule is c1ccc(-n2c(-c3ccc(-c4cc5ccccc5c5ccccc45)cc3)nnc2-c2cccc(-c3ccccn3)n2)cc1. The van der Waals surface area contributed by atoms with E-state index < -0.39 is 0 Å². The zero-order valence-electron chi connectivity index (χ0n) is 23.2. The first-order valence-corrected chi connectivity index (χ1v) is 14.2. The molecule has 0 amide bonds. The van der Waals surface area contributed by atoms with Crippen LogP contribution in [0.3, 0.4) is 0 Å². The summed E-state index contributed by atoms with van der Waals surface area (Å²) in [5.74, 6) is 1.42. The Morgan fingerprint density at radius 1 is 0.442 bits per heavy atom. The molecule has 202 valence electrons. The molecule has 0 N–H and O–H groups in total. The predicted molar refractivity (Wildman–Crippen MR) is 174 cm³/mol. The highest BCUT2D eigenvalue weighted by molar-refractivity contribution is 6.13. The van der Waals surface area contributed by atoms with Crippen molar-refractivity contribution in [3.8, 4) is 51.1 Å². The molecule has 0 saturated carbocycles. The molecule has 5 nitrogen and oxygen atoms in total. The third-order valence-corrected chi connectivity index (χ3v) is 7.81. The number of hydrogen-bond acceptors (Lipinski definition) is 4. The highest BCUT2D eigenvalue weighted by Gasteiger charge is 2.19. The van der Waals surface area contributed by atoms with Crippen LogP contribution in [-0.4, -0.2) is 24.7 Å². The van der Waals surface area contributed by atoms with E-state index >= 15 is 0 Å². The summed E-state index contributed by atoms with van der Waals surface area (Å²) in [4.78, 5) is 9.41. The van der Waals surface area contributed by atoms with E-state index in [0.717, 1.165) is 39.7 Å². The fourth-order valence-corrected chi connectivity index (χ4v) is 5.77. The molecule has 0 radical (unpaired) electrons. The zero-order chi connectivity index (χ0) is 28.6. The van der Waals surface area contributed by atoms with Gasteiger partial charge in [-0.2, -0.15) is 0 Å². The van der Waals surface area contributed by atoms with E-state index in [2.05, 4.69) is 106 Å². The van der Waals surface area contributed by atoms with Gasteiger partial charge in [-0.25, -0.2) is 4.98 Å². The van der Waals surface area contributed by atoms with E-state index in [-0.39, 0.29) is 0 Å². The Balaban J connectivity index is 1.25. The van der Waals surface area contributed by atoms with Crippen LogP contribution in [0.5, 0.6) is 0 Å². The first-order valence-electron chi connectivity index (χ1n) is 14.2. The van der Waals surface area contributed by atoms with Crippen LogP contribution in [0.4, 0.5) is 0 Å². The molecule has 0 unspecified atom stereocenters.